The number of nitrogens with zero attached hydrogens (tertiary/aromatic N) is 3. The maximum atomic E-state index is 12.9. The second-order valence-electron chi connectivity index (χ2n) is 6.42. The predicted octanol–water partition coefficient (Wildman–Crippen LogP) is 1.99. The Morgan fingerprint density at radius 2 is 2.00 bits per heavy atom. The van der Waals surface area contributed by atoms with Gasteiger partial charge in [0.25, 0.3) is 11.5 Å². The normalized spacial score (nSPS) is 15.5. The summed E-state index contributed by atoms with van der Waals surface area (Å²) in [6.07, 6.45) is 5.70. The third kappa shape index (κ3) is 3.40. The number of hydrogen-bond acceptors (Lipinski definition) is 5. The van der Waals surface area contributed by atoms with Gasteiger partial charge in [-0.3, -0.25) is 19.5 Å². The quantitative estimate of drug-likeness (QED) is 0.765. The number of hydrogen-bond donors (Lipinski definition) is 1. The van der Waals surface area contributed by atoms with Crippen LogP contribution in [0.2, 0.25) is 0 Å². The molecule has 3 aromatic rings. The molecule has 1 aliphatic heterocycles. The monoisotopic (exact) mass is 368 g/mol. The van der Waals surface area contributed by atoms with Crippen LogP contribution in [-0.4, -0.2) is 58.4 Å². The van der Waals surface area contributed by atoms with E-state index in [1.54, 1.807) is 29.8 Å². The highest BCUT2D eigenvalue weighted by Gasteiger charge is 2.23. The van der Waals surface area contributed by atoms with E-state index in [0.717, 1.165) is 26.1 Å². The van der Waals surface area contributed by atoms with E-state index < -0.39 is 0 Å². The van der Waals surface area contributed by atoms with Crippen molar-refractivity contribution in [3.8, 4) is 0 Å². The molecule has 1 amide bonds. The molecule has 1 N–H and O–H groups in total. The molecule has 4 heterocycles. The maximum absolute atomic E-state index is 12.9. The Hall–Kier alpha value is -2.51. The molecule has 6 nitrogen and oxygen atoms in total. The number of H-pyrrole nitrogens is 1. The molecule has 0 atom stereocenters. The molecule has 1 fully saturated rings. The Labute approximate surface area is 155 Å². The van der Waals surface area contributed by atoms with Crippen molar-refractivity contribution in [1.82, 2.24) is 19.8 Å². The van der Waals surface area contributed by atoms with Crippen LogP contribution in [0.15, 0.2) is 47.0 Å². The zero-order valence-electron chi connectivity index (χ0n) is 14.4. The molecule has 7 heteroatoms. The van der Waals surface area contributed by atoms with Gasteiger partial charge >= 0.3 is 0 Å². The molecular formula is C19H20N4O2S. The van der Waals surface area contributed by atoms with Gasteiger partial charge in [-0.1, -0.05) is 6.07 Å². The number of amides is 1. The number of fused-ring (bicyclic) bond motifs is 1. The first kappa shape index (κ1) is 16.9. The van der Waals surface area contributed by atoms with Crippen molar-refractivity contribution < 1.29 is 4.79 Å². The SMILES string of the molecule is O=C(c1cncc2c(=O)[nH]ccc12)N1CCN(CCc2cccs2)CC1. The summed E-state index contributed by atoms with van der Waals surface area (Å²) in [6.45, 7) is 4.16. The second kappa shape index (κ2) is 7.39. The highest BCUT2D eigenvalue weighted by molar-refractivity contribution is 7.09. The molecule has 0 aromatic carbocycles. The van der Waals surface area contributed by atoms with Crippen LogP contribution in [0.1, 0.15) is 15.2 Å². The molecule has 0 unspecified atom stereocenters. The summed E-state index contributed by atoms with van der Waals surface area (Å²) in [5.41, 5.74) is 0.281. The van der Waals surface area contributed by atoms with Crippen LogP contribution in [0.4, 0.5) is 0 Å². The number of aromatic nitrogens is 2. The summed E-state index contributed by atoms with van der Waals surface area (Å²) in [5.74, 6) is -0.0494. The number of rotatable bonds is 4. The van der Waals surface area contributed by atoms with E-state index >= 15 is 0 Å². The first-order chi connectivity index (χ1) is 12.7. The van der Waals surface area contributed by atoms with Crippen LogP contribution >= 0.6 is 11.3 Å². The fraction of sp³-hybridized carbons (Fsp3) is 0.316. The van der Waals surface area contributed by atoms with Gasteiger partial charge in [0.05, 0.1) is 10.9 Å². The molecule has 26 heavy (non-hydrogen) atoms. The van der Waals surface area contributed by atoms with Crippen LogP contribution in [0.5, 0.6) is 0 Å². The van der Waals surface area contributed by atoms with Crippen LogP contribution < -0.4 is 5.56 Å². The number of thiophene rings is 1. The van der Waals surface area contributed by atoms with Crippen LogP contribution in [-0.2, 0) is 6.42 Å². The van der Waals surface area contributed by atoms with E-state index in [-0.39, 0.29) is 11.5 Å². The lowest BCUT2D eigenvalue weighted by molar-refractivity contribution is 0.0640. The van der Waals surface area contributed by atoms with Gasteiger partial charge in [-0.2, -0.15) is 0 Å². The number of pyridine rings is 2. The summed E-state index contributed by atoms with van der Waals surface area (Å²) < 4.78 is 0. The van der Waals surface area contributed by atoms with E-state index in [4.69, 9.17) is 0 Å². The topological polar surface area (TPSA) is 69.3 Å². The van der Waals surface area contributed by atoms with Crippen molar-refractivity contribution in [2.45, 2.75) is 6.42 Å². The van der Waals surface area contributed by atoms with Gasteiger partial charge in [0.15, 0.2) is 0 Å². The summed E-state index contributed by atoms with van der Waals surface area (Å²) in [7, 11) is 0. The Balaban J connectivity index is 1.42. The van der Waals surface area contributed by atoms with Crippen molar-refractivity contribution in [1.29, 1.82) is 0 Å². The standard InChI is InChI=1S/C19H20N4O2S/c24-18-16-12-20-13-17(15(16)3-5-21-18)19(25)23-9-7-22(8-10-23)6-4-14-2-1-11-26-14/h1-3,5,11-13H,4,6-10H2,(H,21,24). The van der Waals surface area contributed by atoms with Crippen molar-refractivity contribution in [3.63, 3.8) is 0 Å². The number of carbonyl (C=O) groups excluding carboxylic acids is 1. The molecular weight excluding hydrogens is 348 g/mol. The summed E-state index contributed by atoms with van der Waals surface area (Å²) in [5, 5.41) is 3.22. The van der Waals surface area contributed by atoms with E-state index in [1.165, 1.54) is 11.1 Å². The van der Waals surface area contributed by atoms with Gasteiger partial charge in [0.1, 0.15) is 0 Å². The summed E-state index contributed by atoms with van der Waals surface area (Å²) in [4.78, 5) is 37.2. The van der Waals surface area contributed by atoms with E-state index in [0.29, 0.717) is 29.4 Å². The Morgan fingerprint density at radius 1 is 1.15 bits per heavy atom. The van der Waals surface area contributed by atoms with Crippen LogP contribution in [0.3, 0.4) is 0 Å². The molecule has 1 aliphatic rings. The number of piperazine rings is 1. The average molecular weight is 368 g/mol. The smallest absolute Gasteiger partial charge is 0.257 e. The molecule has 0 bridgehead atoms. The zero-order chi connectivity index (χ0) is 17.9. The van der Waals surface area contributed by atoms with Crippen molar-refractivity contribution in [3.05, 3.63) is 63.0 Å². The molecule has 0 spiro atoms. The van der Waals surface area contributed by atoms with Crippen molar-refractivity contribution in [2.24, 2.45) is 0 Å². The van der Waals surface area contributed by atoms with E-state index in [1.807, 2.05) is 4.90 Å². The van der Waals surface area contributed by atoms with Gasteiger partial charge < -0.3 is 9.88 Å². The number of aromatic amines is 1. The third-order valence-corrected chi connectivity index (χ3v) is 5.78. The van der Waals surface area contributed by atoms with E-state index in [2.05, 4.69) is 32.4 Å². The number of nitrogens with one attached hydrogen (secondary N) is 1. The van der Waals surface area contributed by atoms with Crippen LogP contribution in [0.25, 0.3) is 10.8 Å². The Morgan fingerprint density at radius 3 is 2.77 bits per heavy atom. The minimum Gasteiger partial charge on any atom is -0.336 e. The van der Waals surface area contributed by atoms with Crippen LogP contribution in [0, 0.1) is 0 Å². The van der Waals surface area contributed by atoms with Gasteiger partial charge in [-0.05, 0) is 23.9 Å². The maximum Gasteiger partial charge on any atom is 0.257 e. The van der Waals surface area contributed by atoms with Gasteiger partial charge in [0.2, 0.25) is 0 Å². The lowest BCUT2D eigenvalue weighted by Gasteiger charge is -2.34. The Kier molecular flexibility index (Phi) is 4.81. The van der Waals surface area contributed by atoms with Crippen molar-refractivity contribution >= 4 is 28.0 Å². The lowest BCUT2D eigenvalue weighted by Crippen LogP contribution is -2.49. The minimum atomic E-state index is -0.219. The zero-order valence-corrected chi connectivity index (χ0v) is 15.2. The molecule has 0 saturated carbocycles. The average Bonchev–Trinajstić information content (AvgIpc) is 3.20. The fourth-order valence-corrected chi connectivity index (χ4v) is 4.05. The van der Waals surface area contributed by atoms with Gasteiger partial charge in [0, 0.05) is 61.6 Å². The Bertz CT molecular complexity index is 959. The minimum absolute atomic E-state index is 0.0494. The summed E-state index contributed by atoms with van der Waals surface area (Å²) >= 11 is 1.79. The van der Waals surface area contributed by atoms with Gasteiger partial charge in [-0.15, -0.1) is 11.3 Å². The first-order valence-corrected chi connectivity index (χ1v) is 9.60. The fourth-order valence-electron chi connectivity index (χ4n) is 3.35. The van der Waals surface area contributed by atoms with Crippen molar-refractivity contribution in [2.75, 3.05) is 32.7 Å². The molecule has 1 saturated heterocycles. The molecule has 134 valence electrons. The number of carbonyl (C=O) groups is 1. The third-order valence-electron chi connectivity index (χ3n) is 4.84. The molecule has 0 aliphatic carbocycles. The molecule has 0 radical (unpaired) electrons. The summed E-state index contributed by atoms with van der Waals surface area (Å²) in [6, 6.07) is 6.02. The van der Waals surface area contributed by atoms with Gasteiger partial charge in [-0.25, -0.2) is 0 Å². The largest absolute Gasteiger partial charge is 0.336 e. The highest BCUT2D eigenvalue weighted by atomic mass is 32.1. The first-order valence-electron chi connectivity index (χ1n) is 8.72. The van der Waals surface area contributed by atoms with E-state index in [9.17, 15) is 9.59 Å². The lowest BCUT2D eigenvalue weighted by atomic mass is 10.1. The molecule has 4 rings (SSSR count). The highest BCUT2D eigenvalue weighted by Crippen LogP contribution is 2.17. The second-order valence-corrected chi connectivity index (χ2v) is 7.45. The molecule has 3 aromatic heterocycles. The predicted molar refractivity (Wildman–Crippen MR) is 103 cm³/mol.